The molecule has 0 amide bonds. The molecule has 0 bridgehead atoms. The standard InChI is InChI=1S/C13H16FN5/c1-3-9-12(18-15)16-8-17-13(9)19(2)11-7-5-4-6-10(11)14/h4-8H,3,15H2,1-2H3,(H,16,17,18). The summed E-state index contributed by atoms with van der Waals surface area (Å²) in [5.74, 6) is 6.32. The van der Waals surface area contributed by atoms with Gasteiger partial charge in [0.15, 0.2) is 0 Å². The minimum Gasteiger partial charge on any atom is -0.327 e. The topological polar surface area (TPSA) is 67.1 Å². The largest absolute Gasteiger partial charge is 0.327 e. The predicted octanol–water partition coefficient (Wildman–Crippen LogP) is 2.23. The van der Waals surface area contributed by atoms with Crippen LogP contribution in [0.15, 0.2) is 30.6 Å². The first kappa shape index (κ1) is 13.2. The summed E-state index contributed by atoms with van der Waals surface area (Å²) >= 11 is 0. The van der Waals surface area contributed by atoms with Crippen LogP contribution in [0.5, 0.6) is 0 Å². The van der Waals surface area contributed by atoms with Gasteiger partial charge >= 0.3 is 0 Å². The molecule has 0 aliphatic rings. The van der Waals surface area contributed by atoms with Crippen LogP contribution in [0.4, 0.5) is 21.7 Å². The van der Waals surface area contributed by atoms with Crippen LogP contribution in [0.2, 0.25) is 0 Å². The Morgan fingerprint density at radius 3 is 2.68 bits per heavy atom. The average Bonchev–Trinajstić information content (AvgIpc) is 2.46. The number of nitrogens with one attached hydrogen (secondary N) is 1. The molecule has 0 unspecified atom stereocenters. The third-order valence-corrected chi connectivity index (χ3v) is 2.94. The average molecular weight is 261 g/mol. The lowest BCUT2D eigenvalue weighted by atomic mass is 10.2. The maximum atomic E-state index is 13.8. The van der Waals surface area contributed by atoms with Crippen LogP contribution in [0, 0.1) is 5.82 Å². The number of aromatic nitrogens is 2. The highest BCUT2D eigenvalue weighted by atomic mass is 19.1. The fourth-order valence-electron chi connectivity index (χ4n) is 1.98. The van der Waals surface area contributed by atoms with Gasteiger partial charge in [0.25, 0.3) is 0 Å². The zero-order valence-corrected chi connectivity index (χ0v) is 10.9. The smallest absolute Gasteiger partial charge is 0.148 e. The van der Waals surface area contributed by atoms with Crippen molar-refractivity contribution < 1.29 is 4.39 Å². The summed E-state index contributed by atoms with van der Waals surface area (Å²) in [5.41, 5.74) is 3.84. The quantitative estimate of drug-likeness (QED) is 0.652. The number of hydrogen-bond acceptors (Lipinski definition) is 5. The number of rotatable bonds is 4. The molecule has 0 radical (unpaired) electrons. The van der Waals surface area contributed by atoms with E-state index >= 15 is 0 Å². The number of benzene rings is 1. The van der Waals surface area contributed by atoms with Crippen LogP contribution >= 0.6 is 0 Å². The van der Waals surface area contributed by atoms with E-state index in [1.165, 1.54) is 12.4 Å². The fourth-order valence-corrected chi connectivity index (χ4v) is 1.98. The predicted molar refractivity (Wildman–Crippen MR) is 73.7 cm³/mol. The molecule has 3 N–H and O–H groups in total. The summed E-state index contributed by atoms with van der Waals surface area (Å²) in [7, 11) is 1.76. The summed E-state index contributed by atoms with van der Waals surface area (Å²) in [5, 5.41) is 0. The van der Waals surface area contributed by atoms with Crippen LogP contribution < -0.4 is 16.2 Å². The highest BCUT2D eigenvalue weighted by Gasteiger charge is 2.16. The second-order valence-corrected chi connectivity index (χ2v) is 4.03. The third kappa shape index (κ3) is 2.48. The van der Waals surface area contributed by atoms with E-state index in [-0.39, 0.29) is 5.82 Å². The molecule has 19 heavy (non-hydrogen) atoms. The maximum Gasteiger partial charge on any atom is 0.148 e. The Balaban J connectivity index is 2.50. The number of hydrazine groups is 1. The van der Waals surface area contributed by atoms with Gasteiger partial charge in [-0.15, -0.1) is 0 Å². The van der Waals surface area contributed by atoms with Crippen molar-refractivity contribution in [1.82, 2.24) is 9.97 Å². The van der Waals surface area contributed by atoms with Crippen molar-refractivity contribution in [2.24, 2.45) is 5.84 Å². The third-order valence-electron chi connectivity index (χ3n) is 2.94. The first-order chi connectivity index (χ1) is 9.19. The number of nitrogen functional groups attached to an aromatic ring is 1. The number of nitrogens with zero attached hydrogens (tertiary/aromatic N) is 3. The lowest BCUT2D eigenvalue weighted by molar-refractivity contribution is 0.627. The molecule has 0 spiro atoms. The molecular formula is C13H16FN5. The van der Waals surface area contributed by atoms with Crippen molar-refractivity contribution >= 4 is 17.3 Å². The molecule has 1 aromatic carbocycles. The fraction of sp³-hybridized carbons (Fsp3) is 0.231. The van der Waals surface area contributed by atoms with Crippen LogP contribution in [-0.4, -0.2) is 17.0 Å². The summed E-state index contributed by atoms with van der Waals surface area (Å²) in [6.45, 7) is 1.97. The van der Waals surface area contributed by atoms with Gasteiger partial charge in [0, 0.05) is 12.6 Å². The molecule has 0 saturated heterocycles. The summed E-state index contributed by atoms with van der Waals surface area (Å²) in [4.78, 5) is 9.98. The monoisotopic (exact) mass is 261 g/mol. The zero-order valence-electron chi connectivity index (χ0n) is 10.9. The molecule has 100 valence electrons. The Morgan fingerprint density at radius 2 is 2.05 bits per heavy atom. The van der Waals surface area contributed by atoms with Gasteiger partial charge in [0.2, 0.25) is 0 Å². The number of halogens is 1. The van der Waals surface area contributed by atoms with Gasteiger partial charge < -0.3 is 10.3 Å². The molecule has 0 saturated carbocycles. The second kappa shape index (κ2) is 5.62. The van der Waals surface area contributed by atoms with Gasteiger partial charge in [-0.3, -0.25) is 0 Å². The van der Waals surface area contributed by atoms with Gasteiger partial charge in [-0.05, 0) is 18.6 Å². The van der Waals surface area contributed by atoms with Crippen molar-refractivity contribution in [3.63, 3.8) is 0 Å². The number of para-hydroxylation sites is 1. The Bertz CT molecular complexity index is 573. The molecule has 0 aliphatic carbocycles. The van der Waals surface area contributed by atoms with Gasteiger partial charge in [-0.2, -0.15) is 0 Å². The molecule has 1 heterocycles. The van der Waals surface area contributed by atoms with Gasteiger partial charge in [0.1, 0.15) is 23.8 Å². The maximum absolute atomic E-state index is 13.8. The first-order valence-electron chi connectivity index (χ1n) is 5.97. The molecular weight excluding hydrogens is 245 g/mol. The van der Waals surface area contributed by atoms with Crippen LogP contribution in [0.25, 0.3) is 0 Å². The minimum atomic E-state index is -0.298. The van der Waals surface area contributed by atoms with Crippen molar-refractivity contribution in [3.05, 3.63) is 42.0 Å². The zero-order chi connectivity index (χ0) is 13.8. The van der Waals surface area contributed by atoms with E-state index in [2.05, 4.69) is 15.4 Å². The summed E-state index contributed by atoms with van der Waals surface area (Å²) in [6, 6.07) is 6.55. The van der Waals surface area contributed by atoms with Crippen LogP contribution in [0.3, 0.4) is 0 Å². The molecule has 2 rings (SSSR count). The highest BCUT2D eigenvalue weighted by molar-refractivity contribution is 5.67. The van der Waals surface area contributed by atoms with E-state index in [4.69, 9.17) is 5.84 Å². The molecule has 5 nitrogen and oxygen atoms in total. The first-order valence-corrected chi connectivity index (χ1v) is 5.97. The van der Waals surface area contributed by atoms with E-state index < -0.39 is 0 Å². The van der Waals surface area contributed by atoms with Gasteiger partial charge in [0.05, 0.1) is 5.69 Å². The number of hydrogen-bond donors (Lipinski definition) is 2. The highest BCUT2D eigenvalue weighted by Crippen LogP contribution is 2.29. The Hall–Kier alpha value is -2.21. The van der Waals surface area contributed by atoms with Crippen molar-refractivity contribution in [1.29, 1.82) is 0 Å². The Kier molecular flexibility index (Phi) is 3.91. The van der Waals surface area contributed by atoms with Crippen LogP contribution in [-0.2, 0) is 6.42 Å². The Labute approximate surface area is 111 Å². The molecule has 2 aromatic rings. The molecule has 0 atom stereocenters. The van der Waals surface area contributed by atoms with E-state index in [1.807, 2.05) is 6.92 Å². The number of anilines is 3. The van der Waals surface area contributed by atoms with Gasteiger partial charge in [-0.25, -0.2) is 20.2 Å². The molecule has 1 aromatic heterocycles. The SMILES string of the molecule is CCc1c(NN)ncnc1N(C)c1ccccc1F. The molecule has 0 fully saturated rings. The lowest BCUT2D eigenvalue weighted by Gasteiger charge is -2.22. The van der Waals surface area contributed by atoms with Crippen LogP contribution in [0.1, 0.15) is 12.5 Å². The van der Waals surface area contributed by atoms with E-state index in [1.54, 1.807) is 30.1 Å². The van der Waals surface area contributed by atoms with Crippen molar-refractivity contribution in [2.75, 3.05) is 17.4 Å². The van der Waals surface area contributed by atoms with E-state index in [0.717, 1.165) is 5.56 Å². The Morgan fingerprint density at radius 1 is 1.32 bits per heavy atom. The normalized spacial score (nSPS) is 10.3. The van der Waals surface area contributed by atoms with Crippen molar-refractivity contribution in [2.45, 2.75) is 13.3 Å². The van der Waals surface area contributed by atoms with E-state index in [9.17, 15) is 4.39 Å². The summed E-state index contributed by atoms with van der Waals surface area (Å²) < 4.78 is 13.8. The molecule has 6 heteroatoms. The summed E-state index contributed by atoms with van der Waals surface area (Å²) in [6.07, 6.45) is 2.09. The minimum absolute atomic E-state index is 0.298. The number of nitrogens with two attached hydrogens (primary N) is 1. The van der Waals surface area contributed by atoms with E-state index in [0.29, 0.717) is 23.7 Å². The molecule has 0 aliphatic heterocycles. The second-order valence-electron chi connectivity index (χ2n) is 4.03. The van der Waals surface area contributed by atoms with Crippen molar-refractivity contribution in [3.8, 4) is 0 Å². The lowest BCUT2D eigenvalue weighted by Crippen LogP contribution is -2.18. The van der Waals surface area contributed by atoms with Gasteiger partial charge in [-0.1, -0.05) is 19.1 Å².